The van der Waals surface area contributed by atoms with Gasteiger partial charge in [-0.1, -0.05) is 35.0 Å². The maximum Gasteiger partial charge on any atom is 0.317 e. The highest BCUT2D eigenvalue weighted by Crippen LogP contribution is 2.26. The molecule has 4 rings (SSSR count). The van der Waals surface area contributed by atoms with Crippen molar-refractivity contribution in [2.45, 2.75) is 38.8 Å². The summed E-state index contributed by atoms with van der Waals surface area (Å²) in [5.41, 5.74) is 2.28. The van der Waals surface area contributed by atoms with Gasteiger partial charge in [0.15, 0.2) is 12.4 Å². The van der Waals surface area contributed by atoms with Gasteiger partial charge in [-0.25, -0.2) is 9.18 Å². The third-order valence-electron chi connectivity index (χ3n) is 5.37. The number of hydrogen-bond donors (Lipinski definition) is 1. The van der Waals surface area contributed by atoms with Crippen LogP contribution in [0.4, 0.5) is 9.18 Å². The number of piperidine rings is 1. The first kappa shape index (κ1) is 20.8. The number of amides is 2. The van der Waals surface area contributed by atoms with Crippen molar-refractivity contribution in [1.29, 1.82) is 0 Å². The summed E-state index contributed by atoms with van der Waals surface area (Å²) < 4.78 is 23.8. The van der Waals surface area contributed by atoms with Crippen LogP contribution in [0.15, 0.2) is 53.1 Å². The number of aryl methyl sites for hydroxylation is 1. The number of ether oxygens (including phenoxy) is 1. The summed E-state index contributed by atoms with van der Waals surface area (Å²) in [6.45, 7) is 3.96. The lowest BCUT2D eigenvalue weighted by atomic mass is 9.96. The number of benzene rings is 2. The monoisotopic (exact) mass is 424 g/mol. The molecule has 0 atom stereocenters. The average molecular weight is 424 g/mol. The predicted octanol–water partition coefficient (Wildman–Crippen LogP) is 4.19. The standard InChI is InChI=1S/C23H25FN4O3/c1-16-2-4-17(5-3-16)14-25-23(29)28-12-10-18(11-13-28)22-26-21(31-27-22)15-30-20-8-6-19(24)7-9-20/h2-9,18H,10-15H2,1H3,(H,25,29). The van der Waals surface area contributed by atoms with Crippen LogP contribution < -0.4 is 10.1 Å². The second kappa shape index (κ2) is 9.59. The molecule has 1 fully saturated rings. The summed E-state index contributed by atoms with van der Waals surface area (Å²) in [6, 6.07) is 13.8. The minimum atomic E-state index is -0.317. The minimum Gasteiger partial charge on any atom is -0.484 e. The van der Waals surface area contributed by atoms with Gasteiger partial charge in [-0.2, -0.15) is 4.98 Å². The number of rotatable bonds is 6. The van der Waals surface area contributed by atoms with Gasteiger partial charge in [0.05, 0.1) is 0 Å². The van der Waals surface area contributed by atoms with E-state index in [9.17, 15) is 9.18 Å². The number of aromatic nitrogens is 2. The van der Waals surface area contributed by atoms with Crippen LogP contribution in [0.1, 0.15) is 41.6 Å². The smallest absolute Gasteiger partial charge is 0.317 e. The fourth-order valence-electron chi connectivity index (χ4n) is 3.50. The molecule has 162 valence electrons. The van der Waals surface area contributed by atoms with Crippen LogP contribution in [0, 0.1) is 12.7 Å². The van der Waals surface area contributed by atoms with E-state index in [0.717, 1.165) is 18.4 Å². The van der Waals surface area contributed by atoms with E-state index in [0.29, 0.717) is 37.1 Å². The molecule has 0 bridgehead atoms. The lowest BCUT2D eigenvalue weighted by Crippen LogP contribution is -2.43. The van der Waals surface area contributed by atoms with Crippen molar-refractivity contribution < 1.29 is 18.4 Å². The molecular formula is C23H25FN4O3. The van der Waals surface area contributed by atoms with Gasteiger partial charge in [0, 0.05) is 25.6 Å². The third-order valence-corrected chi connectivity index (χ3v) is 5.37. The fourth-order valence-corrected chi connectivity index (χ4v) is 3.50. The van der Waals surface area contributed by atoms with Gasteiger partial charge in [-0.05, 0) is 49.6 Å². The Balaban J connectivity index is 1.22. The summed E-state index contributed by atoms with van der Waals surface area (Å²) in [4.78, 5) is 18.7. The third kappa shape index (κ3) is 5.59. The number of likely N-dealkylation sites (tertiary alicyclic amines) is 1. The predicted molar refractivity (Wildman–Crippen MR) is 112 cm³/mol. The largest absolute Gasteiger partial charge is 0.484 e. The highest BCUT2D eigenvalue weighted by atomic mass is 19.1. The number of hydrogen-bond acceptors (Lipinski definition) is 5. The summed E-state index contributed by atoms with van der Waals surface area (Å²) in [5, 5.41) is 7.05. The van der Waals surface area contributed by atoms with Gasteiger partial charge in [0.2, 0.25) is 0 Å². The van der Waals surface area contributed by atoms with Crippen LogP contribution in [-0.2, 0) is 13.2 Å². The first-order valence-corrected chi connectivity index (χ1v) is 10.4. The molecular weight excluding hydrogens is 399 g/mol. The first-order valence-electron chi connectivity index (χ1n) is 10.4. The van der Waals surface area contributed by atoms with Crippen molar-refractivity contribution in [2.75, 3.05) is 13.1 Å². The molecule has 1 aromatic heterocycles. The van der Waals surface area contributed by atoms with Crippen molar-refractivity contribution in [3.8, 4) is 5.75 Å². The van der Waals surface area contributed by atoms with Crippen LogP contribution in [-0.4, -0.2) is 34.2 Å². The molecule has 0 spiro atoms. The molecule has 8 heteroatoms. The zero-order valence-corrected chi connectivity index (χ0v) is 17.4. The molecule has 0 unspecified atom stereocenters. The molecule has 7 nitrogen and oxygen atoms in total. The Morgan fingerprint density at radius 3 is 2.58 bits per heavy atom. The van der Waals surface area contributed by atoms with Crippen LogP contribution >= 0.6 is 0 Å². The highest BCUT2D eigenvalue weighted by molar-refractivity contribution is 5.74. The molecule has 1 aliphatic heterocycles. The molecule has 0 radical (unpaired) electrons. The molecule has 1 aliphatic rings. The maximum absolute atomic E-state index is 12.9. The fraction of sp³-hybridized carbons (Fsp3) is 0.348. The molecule has 2 amide bonds. The second-order valence-corrected chi connectivity index (χ2v) is 7.69. The van der Waals surface area contributed by atoms with E-state index in [1.165, 1.54) is 17.7 Å². The first-order chi connectivity index (χ1) is 15.1. The Morgan fingerprint density at radius 1 is 1.16 bits per heavy atom. The van der Waals surface area contributed by atoms with E-state index in [2.05, 4.69) is 15.5 Å². The summed E-state index contributed by atoms with van der Waals surface area (Å²) >= 11 is 0. The number of carbonyl (C=O) groups is 1. The van der Waals surface area contributed by atoms with E-state index in [1.54, 1.807) is 12.1 Å². The number of carbonyl (C=O) groups excluding carboxylic acids is 1. The summed E-state index contributed by atoms with van der Waals surface area (Å²) in [6.07, 6.45) is 1.55. The number of urea groups is 1. The molecule has 0 saturated carbocycles. The zero-order chi connectivity index (χ0) is 21.6. The van der Waals surface area contributed by atoms with E-state index >= 15 is 0 Å². The van der Waals surface area contributed by atoms with Crippen LogP contribution in [0.2, 0.25) is 0 Å². The SMILES string of the molecule is Cc1ccc(CNC(=O)N2CCC(c3noc(COc4ccc(F)cc4)n3)CC2)cc1. The maximum atomic E-state index is 12.9. The molecule has 1 saturated heterocycles. The van der Waals surface area contributed by atoms with Crippen molar-refractivity contribution in [2.24, 2.45) is 0 Å². The lowest BCUT2D eigenvalue weighted by Gasteiger charge is -2.30. The van der Waals surface area contributed by atoms with Crippen LogP contribution in [0.5, 0.6) is 5.75 Å². The van der Waals surface area contributed by atoms with Crippen molar-refractivity contribution in [3.63, 3.8) is 0 Å². The average Bonchev–Trinajstić information content (AvgIpc) is 3.27. The minimum absolute atomic E-state index is 0.0551. The molecule has 1 N–H and O–H groups in total. The highest BCUT2D eigenvalue weighted by Gasteiger charge is 2.27. The lowest BCUT2D eigenvalue weighted by molar-refractivity contribution is 0.179. The summed E-state index contributed by atoms with van der Waals surface area (Å²) in [7, 11) is 0. The van der Waals surface area contributed by atoms with E-state index in [4.69, 9.17) is 9.26 Å². The second-order valence-electron chi connectivity index (χ2n) is 7.69. The Hall–Kier alpha value is -3.42. The Bertz CT molecular complexity index is 996. The van der Waals surface area contributed by atoms with Crippen LogP contribution in [0.3, 0.4) is 0 Å². The number of nitrogens with one attached hydrogen (secondary N) is 1. The van der Waals surface area contributed by atoms with E-state index in [-0.39, 0.29) is 24.4 Å². The molecule has 0 aliphatic carbocycles. The molecule has 3 aromatic rings. The van der Waals surface area contributed by atoms with Gasteiger partial charge in [-0.3, -0.25) is 0 Å². The molecule has 2 aromatic carbocycles. The van der Waals surface area contributed by atoms with E-state index < -0.39 is 0 Å². The van der Waals surface area contributed by atoms with Crippen molar-refractivity contribution >= 4 is 6.03 Å². The van der Waals surface area contributed by atoms with Gasteiger partial charge in [0.25, 0.3) is 5.89 Å². The molecule has 2 heterocycles. The number of nitrogens with zero attached hydrogens (tertiary/aromatic N) is 3. The Kier molecular flexibility index (Phi) is 6.45. The Morgan fingerprint density at radius 2 is 1.87 bits per heavy atom. The number of halogens is 1. The quantitative estimate of drug-likeness (QED) is 0.642. The topological polar surface area (TPSA) is 80.5 Å². The van der Waals surface area contributed by atoms with Crippen molar-refractivity contribution in [1.82, 2.24) is 20.4 Å². The van der Waals surface area contributed by atoms with Crippen LogP contribution in [0.25, 0.3) is 0 Å². The van der Waals surface area contributed by atoms with Gasteiger partial charge in [0.1, 0.15) is 11.6 Å². The van der Waals surface area contributed by atoms with Crippen molar-refractivity contribution in [3.05, 3.63) is 77.2 Å². The van der Waals surface area contributed by atoms with Gasteiger partial charge >= 0.3 is 6.03 Å². The normalized spacial score (nSPS) is 14.5. The van der Waals surface area contributed by atoms with Gasteiger partial charge < -0.3 is 19.5 Å². The van der Waals surface area contributed by atoms with Gasteiger partial charge in [-0.15, -0.1) is 0 Å². The zero-order valence-electron chi connectivity index (χ0n) is 17.4. The Labute approximate surface area is 180 Å². The van der Waals surface area contributed by atoms with E-state index in [1.807, 2.05) is 36.1 Å². The summed E-state index contributed by atoms with van der Waals surface area (Å²) in [5.74, 6) is 1.37. The molecule has 31 heavy (non-hydrogen) atoms.